The largest absolute Gasteiger partial charge is 0.495 e. The zero-order chi connectivity index (χ0) is 14.0. The summed E-state index contributed by atoms with van der Waals surface area (Å²) in [6, 6.07) is 8.61. The summed E-state index contributed by atoms with van der Waals surface area (Å²) in [5.74, 6) is 0.295. The molecule has 0 heterocycles. The van der Waals surface area contributed by atoms with Gasteiger partial charge in [0.1, 0.15) is 11.6 Å². The molecule has 3 nitrogen and oxygen atoms in total. The summed E-state index contributed by atoms with van der Waals surface area (Å²) in [4.78, 5) is 0. The van der Waals surface area contributed by atoms with E-state index in [0.717, 1.165) is 22.6 Å². The van der Waals surface area contributed by atoms with Crippen molar-refractivity contribution in [3.8, 4) is 5.75 Å². The van der Waals surface area contributed by atoms with Gasteiger partial charge in [0, 0.05) is 5.69 Å². The van der Waals surface area contributed by atoms with Crippen LogP contribution in [0.1, 0.15) is 11.1 Å². The van der Waals surface area contributed by atoms with Crippen molar-refractivity contribution >= 4 is 17.1 Å². The number of hydrogen-bond donors (Lipinski definition) is 2. The lowest BCUT2D eigenvalue weighted by atomic mass is 10.1. The summed E-state index contributed by atoms with van der Waals surface area (Å²) in [5, 5.41) is 3.17. The van der Waals surface area contributed by atoms with Crippen molar-refractivity contribution in [2.75, 3.05) is 18.2 Å². The summed E-state index contributed by atoms with van der Waals surface area (Å²) in [6.45, 7) is 3.98. The zero-order valence-electron chi connectivity index (χ0n) is 11.3. The first kappa shape index (κ1) is 13.2. The minimum absolute atomic E-state index is 0.137. The molecule has 0 fully saturated rings. The Hall–Kier alpha value is -2.23. The maximum Gasteiger partial charge on any atom is 0.148 e. The molecule has 0 bridgehead atoms. The van der Waals surface area contributed by atoms with Crippen LogP contribution in [0.2, 0.25) is 0 Å². The Morgan fingerprint density at radius 2 is 1.89 bits per heavy atom. The van der Waals surface area contributed by atoms with Crippen molar-refractivity contribution in [3.05, 3.63) is 47.3 Å². The van der Waals surface area contributed by atoms with Crippen LogP contribution >= 0.6 is 0 Å². The van der Waals surface area contributed by atoms with Gasteiger partial charge in [-0.1, -0.05) is 6.07 Å². The fraction of sp³-hybridized carbons (Fsp3) is 0.200. The van der Waals surface area contributed by atoms with Gasteiger partial charge in [0.2, 0.25) is 0 Å². The Kier molecular flexibility index (Phi) is 3.60. The second kappa shape index (κ2) is 5.18. The van der Waals surface area contributed by atoms with Gasteiger partial charge in [-0.25, -0.2) is 4.39 Å². The molecule has 3 N–H and O–H groups in total. The topological polar surface area (TPSA) is 47.3 Å². The van der Waals surface area contributed by atoms with E-state index in [0.29, 0.717) is 5.69 Å². The van der Waals surface area contributed by atoms with Gasteiger partial charge in [0.05, 0.1) is 18.5 Å². The highest BCUT2D eigenvalue weighted by molar-refractivity contribution is 5.71. The van der Waals surface area contributed by atoms with Crippen molar-refractivity contribution in [2.24, 2.45) is 0 Å². The molecule has 0 amide bonds. The van der Waals surface area contributed by atoms with Gasteiger partial charge < -0.3 is 15.8 Å². The van der Waals surface area contributed by atoms with Crippen molar-refractivity contribution in [3.63, 3.8) is 0 Å². The van der Waals surface area contributed by atoms with Gasteiger partial charge in [-0.3, -0.25) is 0 Å². The van der Waals surface area contributed by atoms with Crippen LogP contribution in [0, 0.1) is 19.7 Å². The molecule has 0 aliphatic rings. The van der Waals surface area contributed by atoms with E-state index in [1.54, 1.807) is 13.2 Å². The van der Waals surface area contributed by atoms with Crippen molar-refractivity contribution in [1.29, 1.82) is 0 Å². The number of hydrogen-bond acceptors (Lipinski definition) is 3. The Labute approximate surface area is 112 Å². The summed E-state index contributed by atoms with van der Waals surface area (Å²) >= 11 is 0. The molecule has 0 aliphatic heterocycles. The molecule has 2 aromatic carbocycles. The standard InChI is InChI=1S/C15H17FN2O/c1-9-6-10(2)15(14(7-9)19-3)18-11-4-5-13(17)12(16)8-11/h4-8,18H,17H2,1-3H3. The van der Waals surface area contributed by atoms with Crippen LogP contribution in [0.4, 0.5) is 21.5 Å². The third-order valence-corrected chi connectivity index (χ3v) is 2.93. The number of nitrogens with two attached hydrogens (primary N) is 1. The molecule has 0 spiro atoms. The maximum atomic E-state index is 13.4. The SMILES string of the molecule is COc1cc(C)cc(C)c1Nc1ccc(N)c(F)c1. The average molecular weight is 260 g/mol. The summed E-state index contributed by atoms with van der Waals surface area (Å²) in [7, 11) is 1.61. The normalized spacial score (nSPS) is 10.3. The average Bonchev–Trinajstić information content (AvgIpc) is 2.36. The van der Waals surface area contributed by atoms with E-state index in [-0.39, 0.29) is 5.69 Å². The Balaban J connectivity index is 2.40. The van der Waals surface area contributed by atoms with Gasteiger partial charge in [-0.15, -0.1) is 0 Å². The van der Waals surface area contributed by atoms with Gasteiger partial charge >= 0.3 is 0 Å². The molecular formula is C15H17FN2O. The third-order valence-electron chi connectivity index (χ3n) is 2.93. The number of ether oxygens (including phenoxy) is 1. The minimum atomic E-state index is -0.436. The monoisotopic (exact) mass is 260 g/mol. The Morgan fingerprint density at radius 1 is 1.16 bits per heavy atom. The van der Waals surface area contributed by atoms with Gasteiger partial charge in [-0.05, 0) is 49.2 Å². The Bertz CT molecular complexity index is 611. The summed E-state index contributed by atoms with van der Waals surface area (Å²) in [6.07, 6.45) is 0. The molecule has 0 radical (unpaired) electrons. The van der Waals surface area contributed by atoms with E-state index in [4.69, 9.17) is 10.5 Å². The number of anilines is 3. The van der Waals surface area contributed by atoms with Crippen LogP contribution < -0.4 is 15.8 Å². The first-order valence-electron chi connectivity index (χ1n) is 5.98. The number of nitrogens with one attached hydrogen (secondary N) is 1. The molecule has 0 aliphatic carbocycles. The summed E-state index contributed by atoms with van der Waals surface area (Å²) in [5.41, 5.74) is 9.21. The molecule has 2 rings (SSSR count). The molecule has 0 unspecified atom stereocenters. The predicted molar refractivity (Wildman–Crippen MR) is 76.6 cm³/mol. The van der Waals surface area contributed by atoms with E-state index in [1.807, 2.05) is 26.0 Å². The molecular weight excluding hydrogens is 243 g/mol. The van der Waals surface area contributed by atoms with E-state index in [2.05, 4.69) is 5.32 Å². The smallest absolute Gasteiger partial charge is 0.148 e. The molecule has 100 valence electrons. The fourth-order valence-corrected chi connectivity index (χ4v) is 2.00. The zero-order valence-corrected chi connectivity index (χ0v) is 11.3. The first-order valence-corrected chi connectivity index (χ1v) is 5.98. The number of nitrogen functional groups attached to an aromatic ring is 1. The van der Waals surface area contributed by atoms with Crippen molar-refractivity contribution in [2.45, 2.75) is 13.8 Å². The van der Waals surface area contributed by atoms with Crippen LogP contribution in [0.3, 0.4) is 0 Å². The molecule has 0 atom stereocenters. The molecule has 2 aromatic rings. The van der Waals surface area contributed by atoms with Crippen LogP contribution in [0.5, 0.6) is 5.75 Å². The minimum Gasteiger partial charge on any atom is -0.495 e. The van der Waals surface area contributed by atoms with E-state index < -0.39 is 5.82 Å². The number of benzene rings is 2. The summed E-state index contributed by atoms with van der Waals surface area (Å²) < 4.78 is 18.8. The third kappa shape index (κ3) is 2.78. The molecule has 19 heavy (non-hydrogen) atoms. The van der Waals surface area contributed by atoms with Crippen molar-refractivity contribution < 1.29 is 9.13 Å². The van der Waals surface area contributed by atoms with Gasteiger partial charge in [0.15, 0.2) is 0 Å². The highest BCUT2D eigenvalue weighted by Gasteiger charge is 2.09. The Morgan fingerprint density at radius 3 is 2.53 bits per heavy atom. The molecule has 0 aromatic heterocycles. The quantitative estimate of drug-likeness (QED) is 0.826. The van der Waals surface area contributed by atoms with Crippen LogP contribution in [0.25, 0.3) is 0 Å². The second-order valence-electron chi connectivity index (χ2n) is 4.52. The highest BCUT2D eigenvalue weighted by Crippen LogP contribution is 2.32. The number of methoxy groups -OCH3 is 1. The number of halogens is 1. The first-order chi connectivity index (χ1) is 9.01. The van der Waals surface area contributed by atoms with Gasteiger partial charge in [0.25, 0.3) is 0 Å². The fourth-order valence-electron chi connectivity index (χ4n) is 2.00. The molecule has 4 heteroatoms. The van der Waals surface area contributed by atoms with E-state index >= 15 is 0 Å². The van der Waals surface area contributed by atoms with E-state index in [9.17, 15) is 4.39 Å². The predicted octanol–water partition coefficient (Wildman–Crippen LogP) is 3.78. The van der Waals surface area contributed by atoms with Crippen LogP contribution in [0.15, 0.2) is 30.3 Å². The van der Waals surface area contributed by atoms with Crippen LogP contribution in [-0.4, -0.2) is 7.11 Å². The maximum absolute atomic E-state index is 13.4. The van der Waals surface area contributed by atoms with E-state index in [1.165, 1.54) is 12.1 Å². The highest BCUT2D eigenvalue weighted by atomic mass is 19.1. The lowest BCUT2D eigenvalue weighted by Crippen LogP contribution is -1.99. The number of rotatable bonds is 3. The molecule has 0 saturated carbocycles. The van der Waals surface area contributed by atoms with Crippen molar-refractivity contribution in [1.82, 2.24) is 0 Å². The molecule has 0 saturated heterocycles. The van der Waals surface area contributed by atoms with Crippen LogP contribution in [-0.2, 0) is 0 Å². The van der Waals surface area contributed by atoms with Gasteiger partial charge in [-0.2, -0.15) is 0 Å². The lowest BCUT2D eigenvalue weighted by molar-refractivity contribution is 0.416. The second-order valence-corrected chi connectivity index (χ2v) is 4.52. The number of aryl methyl sites for hydroxylation is 2. The lowest BCUT2D eigenvalue weighted by Gasteiger charge is -2.15.